The third-order valence-corrected chi connectivity index (χ3v) is 4.41. The standard InChI is InChI=1S/C17H16Cl2N6O2S/c1-2-3-8-25-23-16(22-24-25)21-17(28)20-15(26)14-7-6-13(27-14)11-9-10(18)4-5-12(11)19/h4-7,9H,2-3,8H2,1H3,(H2,20,21,23,26,28). The molecule has 3 rings (SSSR count). The first kappa shape index (κ1) is 20.2. The molecule has 2 N–H and O–H groups in total. The highest BCUT2D eigenvalue weighted by Gasteiger charge is 2.16. The topological polar surface area (TPSA) is 97.9 Å². The van der Waals surface area contributed by atoms with Crippen LogP contribution in [0.5, 0.6) is 0 Å². The number of tetrazole rings is 1. The summed E-state index contributed by atoms with van der Waals surface area (Å²) in [5.74, 6) is 0.152. The van der Waals surface area contributed by atoms with E-state index in [1.54, 1.807) is 24.3 Å². The van der Waals surface area contributed by atoms with Gasteiger partial charge in [-0.05, 0) is 54.2 Å². The number of carbonyl (C=O) groups is 1. The van der Waals surface area contributed by atoms with Gasteiger partial charge in [0.05, 0.1) is 11.6 Å². The molecular formula is C17H16Cl2N6O2S. The van der Waals surface area contributed by atoms with Crippen molar-refractivity contribution in [2.75, 3.05) is 5.32 Å². The fourth-order valence-electron chi connectivity index (χ4n) is 2.28. The number of anilines is 1. The van der Waals surface area contributed by atoms with Gasteiger partial charge in [-0.15, -0.1) is 5.10 Å². The largest absolute Gasteiger partial charge is 0.451 e. The molecule has 146 valence electrons. The molecule has 0 fully saturated rings. The van der Waals surface area contributed by atoms with Crippen LogP contribution in [0.25, 0.3) is 11.3 Å². The molecule has 0 saturated carbocycles. The minimum atomic E-state index is -0.528. The van der Waals surface area contributed by atoms with Gasteiger partial charge in [-0.25, -0.2) is 0 Å². The van der Waals surface area contributed by atoms with Crippen molar-refractivity contribution >= 4 is 52.4 Å². The monoisotopic (exact) mass is 438 g/mol. The maximum atomic E-state index is 12.3. The number of aryl methyl sites for hydroxylation is 1. The summed E-state index contributed by atoms with van der Waals surface area (Å²) in [5, 5.41) is 18.0. The summed E-state index contributed by atoms with van der Waals surface area (Å²) in [7, 11) is 0. The summed E-state index contributed by atoms with van der Waals surface area (Å²) in [6.07, 6.45) is 1.96. The van der Waals surface area contributed by atoms with Gasteiger partial charge in [-0.2, -0.15) is 4.80 Å². The van der Waals surface area contributed by atoms with E-state index in [0.29, 0.717) is 27.9 Å². The Morgan fingerprint density at radius 2 is 2.11 bits per heavy atom. The molecule has 0 aliphatic heterocycles. The third-order valence-electron chi connectivity index (χ3n) is 3.64. The number of nitrogens with zero attached hydrogens (tertiary/aromatic N) is 4. The average molecular weight is 439 g/mol. The van der Waals surface area contributed by atoms with Crippen molar-refractivity contribution in [1.82, 2.24) is 25.5 Å². The van der Waals surface area contributed by atoms with Crippen LogP contribution in [0.3, 0.4) is 0 Å². The number of hydrogen-bond acceptors (Lipinski definition) is 6. The van der Waals surface area contributed by atoms with Crippen LogP contribution in [0.4, 0.5) is 5.95 Å². The molecule has 3 aromatic rings. The summed E-state index contributed by atoms with van der Waals surface area (Å²) in [6, 6.07) is 8.12. The van der Waals surface area contributed by atoms with Gasteiger partial charge in [-0.3, -0.25) is 15.4 Å². The molecule has 11 heteroatoms. The molecule has 0 atom stereocenters. The maximum Gasteiger partial charge on any atom is 0.293 e. The summed E-state index contributed by atoms with van der Waals surface area (Å²) in [4.78, 5) is 13.8. The normalized spacial score (nSPS) is 10.7. The van der Waals surface area contributed by atoms with Crippen molar-refractivity contribution < 1.29 is 9.21 Å². The third kappa shape index (κ3) is 5.06. The minimum Gasteiger partial charge on any atom is -0.451 e. The lowest BCUT2D eigenvalue weighted by atomic mass is 10.2. The Labute approximate surface area is 176 Å². The van der Waals surface area contributed by atoms with Gasteiger partial charge < -0.3 is 4.42 Å². The van der Waals surface area contributed by atoms with E-state index in [0.717, 1.165) is 12.8 Å². The number of carbonyl (C=O) groups excluding carboxylic acids is 1. The van der Waals surface area contributed by atoms with Crippen molar-refractivity contribution in [2.45, 2.75) is 26.3 Å². The second kappa shape index (κ2) is 9.13. The van der Waals surface area contributed by atoms with E-state index in [9.17, 15) is 4.79 Å². The first-order valence-electron chi connectivity index (χ1n) is 8.41. The van der Waals surface area contributed by atoms with Gasteiger partial charge in [0.25, 0.3) is 11.9 Å². The molecule has 0 bridgehead atoms. The van der Waals surface area contributed by atoms with Gasteiger partial charge in [0, 0.05) is 10.6 Å². The Morgan fingerprint density at radius 3 is 2.89 bits per heavy atom. The van der Waals surface area contributed by atoms with Crippen molar-refractivity contribution in [2.24, 2.45) is 0 Å². The number of unbranched alkanes of at least 4 members (excludes halogenated alkanes) is 1. The second-order valence-corrected chi connectivity index (χ2v) is 7.01. The van der Waals surface area contributed by atoms with E-state index < -0.39 is 5.91 Å². The molecule has 2 aromatic heterocycles. The molecule has 0 radical (unpaired) electrons. The van der Waals surface area contributed by atoms with Gasteiger partial charge in [0.15, 0.2) is 10.9 Å². The SMILES string of the molecule is CCCCn1nnc(NC(=S)NC(=O)c2ccc(-c3cc(Cl)ccc3Cl)o2)n1. The smallest absolute Gasteiger partial charge is 0.293 e. The molecule has 1 aromatic carbocycles. The van der Waals surface area contributed by atoms with Crippen LogP contribution in [0, 0.1) is 0 Å². The van der Waals surface area contributed by atoms with Crippen LogP contribution in [0.1, 0.15) is 30.3 Å². The van der Waals surface area contributed by atoms with E-state index in [4.69, 9.17) is 39.8 Å². The molecular weight excluding hydrogens is 423 g/mol. The van der Waals surface area contributed by atoms with Crippen LogP contribution in [-0.2, 0) is 6.54 Å². The Morgan fingerprint density at radius 1 is 1.29 bits per heavy atom. The van der Waals surface area contributed by atoms with E-state index in [1.807, 2.05) is 0 Å². The van der Waals surface area contributed by atoms with Crippen molar-refractivity contribution in [3.63, 3.8) is 0 Å². The lowest BCUT2D eigenvalue weighted by Gasteiger charge is -2.05. The summed E-state index contributed by atoms with van der Waals surface area (Å²) in [5.41, 5.74) is 0.585. The molecule has 2 heterocycles. The van der Waals surface area contributed by atoms with Gasteiger partial charge in [0.2, 0.25) is 0 Å². The lowest BCUT2D eigenvalue weighted by Crippen LogP contribution is -2.34. The average Bonchev–Trinajstić information content (AvgIpc) is 3.31. The fraction of sp³-hybridized carbons (Fsp3) is 0.235. The molecule has 0 aliphatic rings. The molecule has 0 spiro atoms. The van der Waals surface area contributed by atoms with Crippen LogP contribution in [0.2, 0.25) is 10.0 Å². The Hall–Kier alpha value is -2.49. The highest BCUT2D eigenvalue weighted by Crippen LogP contribution is 2.31. The van der Waals surface area contributed by atoms with Crippen LogP contribution >= 0.6 is 35.4 Å². The summed E-state index contributed by atoms with van der Waals surface area (Å²) >= 11 is 17.3. The molecule has 1 amide bonds. The zero-order chi connectivity index (χ0) is 20.1. The van der Waals surface area contributed by atoms with E-state index in [2.05, 4.69) is 33.0 Å². The van der Waals surface area contributed by atoms with E-state index in [1.165, 1.54) is 10.9 Å². The molecule has 0 aliphatic carbocycles. The molecule has 0 unspecified atom stereocenters. The Balaban J connectivity index is 1.62. The first-order chi connectivity index (χ1) is 13.5. The van der Waals surface area contributed by atoms with Gasteiger partial charge >= 0.3 is 0 Å². The molecule has 28 heavy (non-hydrogen) atoms. The molecule has 0 saturated heterocycles. The van der Waals surface area contributed by atoms with E-state index >= 15 is 0 Å². The fourth-order valence-corrected chi connectivity index (χ4v) is 2.84. The number of rotatable bonds is 6. The number of hydrogen-bond donors (Lipinski definition) is 2. The summed E-state index contributed by atoms with van der Waals surface area (Å²) in [6.45, 7) is 2.73. The zero-order valence-electron chi connectivity index (χ0n) is 14.8. The van der Waals surface area contributed by atoms with Crippen molar-refractivity contribution in [3.8, 4) is 11.3 Å². The second-order valence-electron chi connectivity index (χ2n) is 5.76. The number of benzene rings is 1. The predicted molar refractivity (Wildman–Crippen MR) is 111 cm³/mol. The number of furan rings is 1. The number of aromatic nitrogens is 4. The maximum absolute atomic E-state index is 12.3. The molecule has 8 nitrogen and oxygen atoms in total. The van der Waals surface area contributed by atoms with Crippen molar-refractivity contribution in [1.29, 1.82) is 0 Å². The number of nitrogens with one attached hydrogen (secondary N) is 2. The number of amides is 1. The zero-order valence-corrected chi connectivity index (χ0v) is 17.1. The van der Waals surface area contributed by atoms with Gasteiger partial charge in [-0.1, -0.05) is 41.6 Å². The number of thiocarbonyl (C=S) groups is 1. The highest BCUT2D eigenvalue weighted by atomic mass is 35.5. The van der Waals surface area contributed by atoms with Gasteiger partial charge in [0.1, 0.15) is 5.76 Å². The van der Waals surface area contributed by atoms with Crippen LogP contribution in [-0.4, -0.2) is 31.2 Å². The first-order valence-corrected chi connectivity index (χ1v) is 9.58. The number of halogens is 2. The lowest BCUT2D eigenvalue weighted by molar-refractivity contribution is 0.0951. The Kier molecular flexibility index (Phi) is 6.61. The Bertz CT molecular complexity index is 1000. The van der Waals surface area contributed by atoms with E-state index in [-0.39, 0.29) is 16.8 Å². The quantitative estimate of drug-likeness (QED) is 0.557. The minimum absolute atomic E-state index is 0.0266. The van der Waals surface area contributed by atoms with Crippen LogP contribution in [0.15, 0.2) is 34.7 Å². The van der Waals surface area contributed by atoms with Crippen molar-refractivity contribution in [3.05, 3.63) is 46.1 Å². The summed E-state index contributed by atoms with van der Waals surface area (Å²) < 4.78 is 5.58. The highest BCUT2D eigenvalue weighted by molar-refractivity contribution is 7.80. The van der Waals surface area contributed by atoms with Crippen LogP contribution < -0.4 is 10.6 Å². The predicted octanol–water partition coefficient (Wildman–Crippen LogP) is 4.17.